The minimum Gasteiger partial charge on any atom is -0.505 e. The first-order chi connectivity index (χ1) is 19.5. The highest BCUT2D eigenvalue weighted by Gasteiger charge is 2.23. The summed E-state index contributed by atoms with van der Waals surface area (Å²) in [6.07, 6.45) is 0. The van der Waals surface area contributed by atoms with Gasteiger partial charge in [-0.1, -0.05) is 6.07 Å². The van der Waals surface area contributed by atoms with Gasteiger partial charge in [0.25, 0.3) is 10.1 Å². The topological polar surface area (TPSA) is 248 Å². The van der Waals surface area contributed by atoms with Crippen molar-refractivity contribution < 1.29 is 43.6 Å². The number of hydrogen-bond donors (Lipinski definition) is 4. The Morgan fingerprint density at radius 1 is 0.857 bits per heavy atom. The fourth-order valence-corrected chi connectivity index (χ4v) is 5.93. The fraction of sp³-hybridized carbons (Fsp3) is 0.0952. The largest absolute Gasteiger partial charge is 0.505 e. The highest BCUT2D eigenvalue weighted by atomic mass is 35.5. The molecule has 4 N–H and O–H groups in total. The molecule has 0 unspecified atom stereocenters. The minimum atomic E-state index is -4.90. The molecule has 21 heteroatoms. The van der Waals surface area contributed by atoms with Crippen LogP contribution in [-0.4, -0.2) is 66.8 Å². The van der Waals surface area contributed by atoms with E-state index in [1.54, 1.807) is 0 Å². The van der Waals surface area contributed by atoms with E-state index in [1.807, 2.05) is 0 Å². The summed E-state index contributed by atoms with van der Waals surface area (Å²) in [5.74, 6) is -1.46. The molecule has 0 aliphatic heterocycles. The van der Waals surface area contributed by atoms with Crippen LogP contribution in [-0.2, 0) is 34.5 Å². The summed E-state index contributed by atoms with van der Waals surface area (Å²) in [5.41, 5.74) is -0.284. The van der Waals surface area contributed by atoms with Crippen molar-refractivity contribution in [3.63, 3.8) is 0 Å². The van der Waals surface area contributed by atoms with Crippen molar-refractivity contribution in [2.24, 2.45) is 10.2 Å². The number of phenolic OH excluding ortho intramolecular Hbond substituents is 1. The van der Waals surface area contributed by atoms with Crippen molar-refractivity contribution >= 4 is 87.3 Å². The lowest BCUT2D eigenvalue weighted by molar-refractivity contribution is 0.284. The molecule has 222 valence electrons. The predicted molar refractivity (Wildman–Crippen MR) is 149 cm³/mol. The second kappa shape index (κ2) is 12.0. The van der Waals surface area contributed by atoms with Crippen molar-refractivity contribution in [3.05, 3.63) is 59.1 Å². The molecule has 0 saturated heterocycles. The molecule has 16 nitrogen and oxygen atoms in total. The summed E-state index contributed by atoms with van der Waals surface area (Å²) >= 11 is 11.6. The fourth-order valence-electron chi connectivity index (χ4n) is 3.42. The molecule has 42 heavy (non-hydrogen) atoms. The molecule has 0 fully saturated rings. The van der Waals surface area contributed by atoms with Crippen LogP contribution in [0.15, 0.2) is 68.6 Å². The molecule has 0 saturated carbocycles. The number of nitrogens with zero attached hydrogens (tertiary/aromatic N) is 5. The van der Waals surface area contributed by atoms with E-state index in [-0.39, 0.29) is 37.9 Å². The third kappa shape index (κ3) is 7.83. The maximum absolute atomic E-state index is 12.3. The van der Waals surface area contributed by atoms with Gasteiger partial charge in [-0.15, -0.1) is 5.11 Å². The van der Waals surface area contributed by atoms with E-state index in [1.165, 1.54) is 30.3 Å². The Kier molecular flexibility index (Phi) is 8.94. The third-order valence-electron chi connectivity index (χ3n) is 5.21. The van der Waals surface area contributed by atoms with Crippen LogP contribution in [0.4, 0.5) is 23.0 Å². The number of rotatable bonds is 10. The zero-order chi connectivity index (χ0) is 30.9. The number of aromatic hydroxyl groups is 1. The predicted octanol–water partition coefficient (Wildman–Crippen LogP) is 4.04. The molecular formula is C21H16Cl2N6O10S3. The molecule has 4 aromatic rings. The Balaban J connectivity index is 1.67. The number of hydrogen-bond acceptors (Lipinski definition) is 14. The SMILES string of the molecule is O=S(=O)(O)OCCS(=O)(=O)c1ccc(/N=N/c2c(S(=O)(=O)O)cc3ccc(Nc4nc(Cl)nc(Cl)n4)cc3c2O)cc1. The van der Waals surface area contributed by atoms with Crippen LogP contribution < -0.4 is 5.32 Å². The van der Waals surface area contributed by atoms with Gasteiger partial charge in [-0.05, 0) is 71.1 Å². The van der Waals surface area contributed by atoms with E-state index in [0.717, 1.165) is 18.2 Å². The first-order valence-corrected chi connectivity index (χ1v) is 16.2. The van der Waals surface area contributed by atoms with Gasteiger partial charge in [0.1, 0.15) is 10.6 Å². The molecule has 0 atom stereocenters. The van der Waals surface area contributed by atoms with E-state index in [9.17, 15) is 34.9 Å². The highest BCUT2D eigenvalue weighted by molar-refractivity contribution is 7.91. The van der Waals surface area contributed by atoms with Crippen LogP contribution in [0.5, 0.6) is 5.75 Å². The molecule has 1 heterocycles. The van der Waals surface area contributed by atoms with E-state index < -0.39 is 59.0 Å². The zero-order valence-electron chi connectivity index (χ0n) is 20.4. The molecule has 0 aliphatic carbocycles. The van der Waals surface area contributed by atoms with Crippen LogP contribution in [0.3, 0.4) is 0 Å². The summed E-state index contributed by atoms with van der Waals surface area (Å²) in [4.78, 5) is 10.4. The number of fused-ring (bicyclic) bond motifs is 1. The molecule has 0 radical (unpaired) electrons. The second-order valence-electron chi connectivity index (χ2n) is 8.07. The molecule has 0 spiro atoms. The first-order valence-electron chi connectivity index (χ1n) is 11.0. The average molecular weight is 679 g/mol. The Morgan fingerprint density at radius 2 is 1.50 bits per heavy atom. The standard InChI is InChI=1S/C21H16Cl2N6O10S3/c22-19-25-20(23)27-21(26-19)24-13-2-1-11-9-16(41(33,34)35)17(18(30)15(11)10-13)29-28-12-3-5-14(6-4-12)40(31,32)8-7-39-42(36,37)38/h1-6,9-10,30H,7-8H2,(H,33,34,35)(H,36,37,38)(H,24,25,26,27)/b29-28+. The average Bonchev–Trinajstić information content (AvgIpc) is 2.86. The first kappa shape index (κ1) is 31.4. The van der Waals surface area contributed by atoms with E-state index in [0.29, 0.717) is 5.69 Å². The van der Waals surface area contributed by atoms with Gasteiger partial charge in [-0.3, -0.25) is 9.11 Å². The van der Waals surface area contributed by atoms with Crippen molar-refractivity contribution in [3.8, 4) is 5.75 Å². The summed E-state index contributed by atoms with van der Waals surface area (Å²) in [6, 6.07) is 9.98. The number of azo groups is 1. The monoisotopic (exact) mass is 678 g/mol. The van der Waals surface area contributed by atoms with Gasteiger partial charge in [-0.2, -0.15) is 36.9 Å². The van der Waals surface area contributed by atoms with Crippen molar-refractivity contribution in [1.29, 1.82) is 0 Å². The third-order valence-corrected chi connectivity index (χ3v) is 8.58. The van der Waals surface area contributed by atoms with Gasteiger partial charge < -0.3 is 10.4 Å². The number of nitrogens with one attached hydrogen (secondary N) is 1. The van der Waals surface area contributed by atoms with E-state index >= 15 is 0 Å². The van der Waals surface area contributed by atoms with Crippen LogP contribution in [0, 0.1) is 0 Å². The molecule has 4 rings (SSSR count). The van der Waals surface area contributed by atoms with Crippen molar-refractivity contribution in [2.45, 2.75) is 9.79 Å². The van der Waals surface area contributed by atoms with Gasteiger partial charge >= 0.3 is 10.4 Å². The Hall–Kier alpha value is -3.56. The molecule has 0 amide bonds. The normalized spacial score (nSPS) is 12.7. The zero-order valence-corrected chi connectivity index (χ0v) is 24.4. The lowest BCUT2D eigenvalue weighted by atomic mass is 10.1. The maximum atomic E-state index is 12.3. The number of halogens is 2. The quantitative estimate of drug-likeness (QED) is 0.136. The summed E-state index contributed by atoms with van der Waals surface area (Å²) < 4.78 is 92.4. The van der Waals surface area contributed by atoms with Crippen LogP contribution in [0.2, 0.25) is 10.6 Å². The van der Waals surface area contributed by atoms with Crippen LogP contribution in [0.25, 0.3) is 10.8 Å². The summed E-state index contributed by atoms with van der Waals surface area (Å²) in [6.45, 7) is -0.823. The highest BCUT2D eigenvalue weighted by Crippen LogP contribution is 2.42. The van der Waals surface area contributed by atoms with E-state index in [4.69, 9.17) is 27.8 Å². The molecule has 3 aromatic carbocycles. The van der Waals surface area contributed by atoms with Crippen LogP contribution >= 0.6 is 23.2 Å². The van der Waals surface area contributed by atoms with Crippen molar-refractivity contribution in [2.75, 3.05) is 17.7 Å². The van der Waals surface area contributed by atoms with Gasteiger partial charge in [0.05, 0.1) is 22.9 Å². The maximum Gasteiger partial charge on any atom is 0.397 e. The van der Waals surface area contributed by atoms with Gasteiger partial charge in [0.15, 0.2) is 15.6 Å². The number of anilines is 2. The van der Waals surface area contributed by atoms with Gasteiger partial charge in [0, 0.05) is 11.1 Å². The number of sulfone groups is 1. The van der Waals surface area contributed by atoms with Gasteiger partial charge in [-0.25, -0.2) is 12.6 Å². The molecule has 0 aliphatic rings. The minimum absolute atomic E-state index is 0.0166. The lowest BCUT2D eigenvalue weighted by Gasteiger charge is -2.11. The number of benzene rings is 3. The lowest BCUT2D eigenvalue weighted by Crippen LogP contribution is -2.15. The number of aromatic nitrogens is 3. The van der Waals surface area contributed by atoms with Crippen LogP contribution in [0.1, 0.15) is 0 Å². The number of phenols is 1. The Bertz CT molecular complexity index is 2020. The molecule has 1 aromatic heterocycles. The Morgan fingerprint density at radius 3 is 2.10 bits per heavy atom. The smallest absolute Gasteiger partial charge is 0.397 e. The molecule has 0 bridgehead atoms. The summed E-state index contributed by atoms with van der Waals surface area (Å²) in [5, 5.41) is 21.3. The molecular weight excluding hydrogens is 663 g/mol. The summed E-state index contributed by atoms with van der Waals surface area (Å²) in [7, 11) is -13.7. The van der Waals surface area contributed by atoms with Crippen molar-refractivity contribution in [1.82, 2.24) is 15.0 Å². The van der Waals surface area contributed by atoms with E-state index in [2.05, 4.69) is 34.7 Å². The second-order valence-corrected chi connectivity index (χ2v) is 13.3. The van der Waals surface area contributed by atoms with Gasteiger partial charge in [0.2, 0.25) is 16.5 Å². The Labute approximate surface area is 247 Å².